The molecule has 0 radical (unpaired) electrons. The molecule has 0 aromatic carbocycles. The molecule has 0 bridgehead atoms. The summed E-state index contributed by atoms with van der Waals surface area (Å²) in [6.07, 6.45) is 21.7. The largest absolute Gasteiger partial charge is 0.372 e. The van der Waals surface area contributed by atoms with E-state index in [4.69, 9.17) is 4.55 Å². The minimum Gasteiger partial charge on any atom is -0.372 e. The Balaban J connectivity index is 3.32. The summed E-state index contributed by atoms with van der Waals surface area (Å²) >= 11 is 0. The maximum atomic E-state index is 11.2. The third-order valence-corrected chi connectivity index (χ3v) is 7.16. The van der Waals surface area contributed by atoms with Crippen molar-refractivity contribution in [2.75, 3.05) is 0 Å². The highest BCUT2D eigenvalue weighted by atomic mass is 32.2. The molecule has 164 valence electrons. The van der Waals surface area contributed by atoms with Crippen molar-refractivity contribution in [1.29, 1.82) is 0 Å². The topological polar surface area (TPSA) is 74.6 Å². The highest BCUT2D eigenvalue weighted by Crippen LogP contribution is 2.25. The molecule has 0 spiro atoms. The van der Waals surface area contributed by atoms with Crippen molar-refractivity contribution in [3.05, 3.63) is 0 Å². The average molecular weight is 407 g/mol. The maximum absolute atomic E-state index is 11.2. The summed E-state index contributed by atoms with van der Waals surface area (Å²) in [4.78, 5) is -1.96. The Bertz CT molecular complexity index is 422. The van der Waals surface area contributed by atoms with E-state index in [9.17, 15) is 13.5 Å². The molecule has 0 aliphatic carbocycles. The first-order chi connectivity index (χ1) is 12.9. The average Bonchev–Trinajstić information content (AvgIpc) is 2.63. The van der Waals surface area contributed by atoms with Gasteiger partial charge in [0, 0.05) is 0 Å². The van der Waals surface area contributed by atoms with Crippen molar-refractivity contribution in [3.63, 3.8) is 0 Å². The van der Waals surface area contributed by atoms with Gasteiger partial charge in [-0.2, -0.15) is 8.42 Å². The van der Waals surface area contributed by atoms with Crippen molar-refractivity contribution < 1.29 is 18.1 Å². The molecule has 0 aromatic heterocycles. The number of hydrogen-bond donors (Lipinski definition) is 2. The smallest absolute Gasteiger partial charge is 0.294 e. The predicted molar refractivity (Wildman–Crippen MR) is 116 cm³/mol. The quantitative estimate of drug-likeness (QED) is 0.168. The van der Waals surface area contributed by atoms with E-state index in [1.165, 1.54) is 89.9 Å². The third-order valence-electron chi connectivity index (χ3n) is 5.70. The number of aliphatic hydroxyl groups is 1. The van der Waals surface area contributed by atoms with Crippen LogP contribution in [0.4, 0.5) is 0 Å². The second kappa shape index (κ2) is 16.8. The standard InChI is InChI=1S/C22H46O4S/c1-3-5-6-7-8-9-10-11-12-13-14-15-16-17-18-19-20-21-22(23,4-2)27(24,25)26/h23H,3-21H2,1-2H3,(H,24,25,26). The maximum Gasteiger partial charge on any atom is 0.294 e. The van der Waals surface area contributed by atoms with Gasteiger partial charge in [-0.1, -0.05) is 117 Å². The molecule has 0 amide bonds. The van der Waals surface area contributed by atoms with Gasteiger partial charge in [-0.3, -0.25) is 4.55 Å². The van der Waals surface area contributed by atoms with Gasteiger partial charge in [0.05, 0.1) is 0 Å². The van der Waals surface area contributed by atoms with Gasteiger partial charge in [-0.25, -0.2) is 0 Å². The zero-order valence-electron chi connectivity index (χ0n) is 18.1. The molecular formula is C22H46O4S. The van der Waals surface area contributed by atoms with Crippen LogP contribution in [0.25, 0.3) is 0 Å². The van der Waals surface area contributed by atoms with Crippen molar-refractivity contribution in [2.45, 2.75) is 141 Å². The highest BCUT2D eigenvalue weighted by Gasteiger charge is 2.37. The van der Waals surface area contributed by atoms with Gasteiger partial charge in [0.2, 0.25) is 0 Å². The minimum absolute atomic E-state index is 0.0324. The lowest BCUT2D eigenvalue weighted by Gasteiger charge is -2.22. The SMILES string of the molecule is CCCCCCCCCCCCCCCCCCCC(O)(CC)S(=O)(=O)O. The first kappa shape index (κ1) is 26.9. The van der Waals surface area contributed by atoms with Gasteiger partial charge >= 0.3 is 0 Å². The monoisotopic (exact) mass is 406 g/mol. The van der Waals surface area contributed by atoms with Crippen LogP contribution in [0, 0.1) is 0 Å². The Hall–Kier alpha value is -0.130. The molecule has 0 heterocycles. The second-order valence-corrected chi connectivity index (χ2v) is 9.89. The molecule has 27 heavy (non-hydrogen) atoms. The van der Waals surface area contributed by atoms with Crippen molar-refractivity contribution >= 4 is 10.1 Å². The van der Waals surface area contributed by atoms with Gasteiger partial charge < -0.3 is 5.11 Å². The van der Waals surface area contributed by atoms with Crippen LogP contribution >= 0.6 is 0 Å². The Morgan fingerprint density at radius 3 is 1.15 bits per heavy atom. The summed E-state index contributed by atoms with van der Waals surface area (Å²) in [6, 6.07) is 0. The molecular weight excluding hydrogens is 360 g/mol. The Labute approximate surface area is 169 Å². The lowest BCUT2D eigenvalue weighted by molar-refractivity contribution is 0.0965. The molecule has 0 saturated heterocycles. The lowest BCUT2D eigenvalue weighted by Crippen LogP contribution is -2.37. The number of hydrogen-bond acceptors (Lipinski definition) is 3. The van der Waals surface area contributed by atoms with Crippen LogP contribution in [-0.4, -0.2) is 23.0 Å². The Morgan fingerprint density at radius 1 is 0.593 bits per heavy atom. The molecule has 0 aliphatic heterocycles. The molecule has 0 fully saturated rings. The molecule has 0 saturated carbocycles. The first-order valence-corrected chi connectivity index (χ1v) is 13.0. The molecule has 1 unspecified atom stereocenters. The summed E-state index contributed by atoms with van der Waals surface area (Å²) in [5, 5.41) is 9.94. The predicted octanol–water partition coefficient (Wildman–Crippen LogP) is 7.01. The zero-order valence-corrected chi connectivity index (χ0v) is 18.9. The van der Waals surface area contributed by atoms with E-state index in [-0.39, 0.29) is 12.8 Å². The van der Waals surface area contributed by atoms with Gasteiger partial charge in [-0.05, 0) is 19.3 Å². The fourth-order valence-electron chi connectivity index (χ4n) is 3.61. The molecule has 0 aliphatic rings. The zero-order chi connectivity index (χ0) is 20.4. The minimum atomic E-state index is -4.38. The lowest BCUT2D eigenvalue weighted by atomic mass is 10.0. The van der Waals surface area contributed by atoms with Crippen molar-refractivity contribution in [2.24, 2.45) is 0 Å². The third kappa shape index (κ3) is 14.5. The van der Waals surface area contributed by atoms with Crippen LogP contribution in [0.2, 0.25) is 0 Å². The molecule has 0 aromatic rings. The van der Waals surface area contributed by atoms with Gasteiger partial charge in [-0.15, -0.1) is 0 Å². The van der Waals surface area contributed by atoms with Crippen LogP contribution in [0.5, 0.6) is 0 Å². The Morgan fingerprint density at radius 2 is 0.889 bits per heavy atom. The van der Waals surface area contributed by atoms with E-state index < -0.39 is 15.1 Å². The summed E-state index contributed by atoms with van der Waals surface area (Å²) in [5.41, 5.74) is 0. The van der Waals surface area contributed by atoms with Gasteiger partial charge in [0.25, 0.3) is 10.1 Å². The number of unbranched alkanes of at least 4 members (excludes halogenated alkanes) is 16. The van der Waals surface area contributed by atoms with E-state index in [1.807, 2.05) is 0 Å². The van der Waals surface area contributed by atoms with Crippen LogP contribution < -0.4 is 0 Å². The number of rotatable bonds is 20. The molecule has 5 heteroatoms. The highest BCUT2D eigenvalue weighted by molar-refractivity contribution is 7.87. The summed E-state index contributed by atoms with van der Waals surface area (Å²) in [7, 11) is -4.38. The normalized spacial score (nSPS) is 14.4. The van der Waals surface area contributed by atoms with Gasteiger partial charge in [0.1, 0.15) is 0 Å². The molecule has 0 rings (SSSR count). The van der Waals surface area contributed by atoms with E-state index in [0.29, 0.717) is 6.42 Å². The summed E-state index contributed by atoms with van der Waals surface area (Å²) in [5.74, 6) is 0. The fraction of sp³-hybridized carbons (Fsp3) is 1.00. The van der Waals surface area contributed by atoms with Crippen LogP contribution in [-0.2, 0) is 10.1 Å². The van der Waals surface area contributed by atoms with E-state index in [0.717, 1.165) is 12.8 Å². The fourth-order valence-corrected chi connectivity index (χ4v) is 4.38. The summed E-state index contributed by atoms with van der Waals surface area (Å²) in [6.45, 7) is 3.85. The van der Waals surface area contributed by atoms with Crippen LogP contribution in [0.15, 0.2) is 0 Å². The van der Waals surface area contributed by atoms with Crippen LogP contribution in [0.1, 0.15) is 136 Å². The molecule has 4 nitrogen and oxygen atoms in total. The summed E-state index contributed by atoms with van der Waals surface area (Å²) < 4.78 is 31.5. The molecule has 1 atom stereocenters. The van der Waals surface area contributed by atoms with E-state index in [2.05, 4.69) is 6.92 Å². The van der Waals surface area contributed by atoms with E-state index in [1.54, 1.807) is 6.92 Å². The second-order valence-electron chi connectivity index (χ2n) is 8.18. The van der Waals surface area contributed by atoms with Crippen molar-refractivity contribution in [1.82, 2.24) is 0 Å². The van der Waals surface area contributed by atoms with E-state index >= 15 is 0 Å². The van der Waals surface area contributed by atoms with Crippen LogP contribution in [0.3, 0.4) is 0 Å². The van der Waals surface area contributed by atoms with Crippen molar-refractivity contribution in [3.8, 4) is 0 Å². The molecule has 2 N–H and O–H groups in total. The van der Waals surface area contributed by atoms with Gasteiger partial charge in [0.15, 0.2) is 4.93 Å². The first-order valence-electron chi connectivity index (χ1n) is 11.6. The Kier molecular flexibility index (Phi) is 16.7.